The van der Waals surface area contributed by atoms with E-state index in [4.69, 9.17) is 18.9 Å². The van der Waals surface area contributed by atoms with Crippen LogP contribution in [0.25, 0.3) is 0 Å². The highest BCUT2D eigenvalue weighted by Gasteiger charge is 2.45. The summed E-state index contributed by atoms with van der Waals surface area (Å²) in [6, 6.07) is 3.94. The molecule has 0 aromatic heterocycles. The molecular weight excluding hydrogens is 484 g/mol. The number of fused-ring (bicyclic) bond motifs is 1. The lowest BCUT2D eigenvalue weighted by molar-refractivity contribution is -0.136. The lowest BCUT2D eigenvalue weighted by Crippen LogP contribution is -2.54. The van der Waals surface area contributed by atoms with Gasteiger partial charge >= 0.3 is 0 Å². The van der Waals surface area contributed by atoms with Gasteiger partial charge in [0.15, 0.2) is 0 Å². The fraction of sp³-hybridized carbons (Fsp3) is 0.600. The number of nitrogens with zero attached hydrogens (tertiary/aromatic N) is 2. The number of imide groups is 2. The number of carbonyl (C=O) groups excluding carboxylic acids is 4. The number of hydrogen-bond acceptors (Lipinski definition) is 10. The first kappa shape index (κ1) is 28.7. The molecule has 0 saturated carbocycles. The third-order valence-corrected chi connectivity index (χ3v) is 5.83. The Morgan fingerprint density at radius 2 is 1.51 bits per heavy atom. The van der Waals surface area contributed by atoms with Crippen LogP contribution in [0.4, 0.5) is 5.69 Å². The highest BCUT2D eigenvalue weighted by atomic mass is 16.6. The number of carbonyl (C=O) groups is 4. The fourth-order valence-corrected chi connectivity index (χ4v) is 3.93. The monoisotopic (exact) mass is 520 g/mol. The van der Waals surface area contributed by atoms with Crippen molar-refractivity contribution in [1.82, 2.24) is 15.1 Å². The van der Waals surface area contributed by atoms with Gasteiger partial charge in [0.25, 0.3) is 11.8 Å². The molecule has 4 amide bonds. The average Bonchev–Trinajstić information content (AvgIpc) is 3.12. The van der Waals surface area contributed by atoms with Gasteiger partial charge in [0, 0.05) is 25.2 Å². The lowest BCUT2D eigenvalue weighted by atomic mass is 10.0. The van der Waals surface area contributed by atoms with Gasteiger partial charge in [0.05, 0.1) is 64.0 Å². The summed E-state index contributed by atoms with van der Waals surface area (Å²) in [4.78, 5) is 52.6. The SMILES string of the molecule is CN(C)CCOCCOCCOCCOCCNc1cccc2c1C(=O)N(C1CCC(=O)NC1=O)C2=O. The summed E-state index contributed by atoms with van der Waals surface area (Å²) < 4.78 is 21.9. The van der Waals surface area contributed by atoms with E-state index in [-0.39, 0.29) is 24.0 Å². The Morgan fingerprint density at radius 3 is 2.14 bits per heavy atom. The van der Waals surface area contributed by atoms with E-state index in [0.717, 1.165) is 11.4 Å². The fourth-order valence-electron chi connectivity index (χ4n) is 3.93. The zero-order valence-corrected chi connectivity index (χ0v) is 21.5. The van der Waals surface area contributed by atoms with E-state index in [9.17, 15) is 19.2 Å². The maximum atomic E-state index is 13.1. The van der Waals surface area contributed by atoms with E-state index >= 15 is 0 Å². The van der Waals surface area contributed by atoms with Crippen molar-refractivity contribution >= 4 is 29.3 Å². The zero-order chi connectivity index (χ0) is 26.6. The molecular formula is C25H36N4O8. The van der Waals surface area contributed by atoms with E-state index in [1.807, 2.05) is 14.1 Å². The topological polar surface area (TPSA) is 136 Å². The normalized spacial score (nSPS) is 17.5. The van der Waals surface area contributed by atoms with E-state index in [2.05, 4.69) is 15.5 Å². The maximum Gasteiger partial charge on any atom is 0.264 e. The van der Waals surface area contributed by atoms with Crippen molar-refractivity contribution < 1.29 is 38.1 Å². The van der Waals surface area contributed by atoms with Crippen molar-refractivity contribution in [2.45, 2.75) is 18.9 Å². The number of piperidine rings is 1. The van der Waals surface area contributed by atoms with Crippen molar-refractivity contribution in [3.63, 3.8) is 0 Å². The number of hydrogen-bond donors (Lipinski definition) is 2. The second-order valence-corrected chi connectivity index (χ2v) is 8.85. The van der Waals surface area contributed by atoms with Crippen molar-refractivity contribution in [1.29, 1.82) is 0 Å². The molecule has 12 heteroatoms. The van der Waals surface area contributed by atoms with Gasteiger partial charge in [0.1, 0.15) is 6.04 Å². The van der Waals surface area contributed by atoms with Crippen molar-refractivity contribution in [3.8, 4) is 0 Å². The number of ether oxygens (including phenoxy) is 4. The third kappa shape index (κ3) is 8.30. The van der Waals surface area contributed by atoms with Gasteiger partial charge in [-0.3, -0.25) is 29.4 Å². The number of nitrogens with one attached hydrogen (secondary N) is 2. The molecule has 204 valence electrons. The molecule has 2 N–H and O–H groups in total. The van der Waals surface area contributed by atoms with Crippen LogP contribution in [-0.4, -0.2) is 120 Å². The van der Waals surface area contributed by atoms with Crippen LogP contribution in [0.1, 0.15) is 33.6 Å². The summed E-state index contributed by atoms with van der Waals surface area (Å²) in [6.45, 7) is 5.22. The predicted octanol–water partition coefficient (Wildman–Crippen LogP) is 0.128. The van der Waals surface area contributed by atoms with Gasteiger partial charge in [-0.25, -0.2) is 0 Å². The maximum absolute atomic E-state index is 13.1. The Morgan fingerprint density at radius 1 is 0.892 bits per heavy atom. The van der Waals surface area contributed by atoms with Crippen LogP contribution in [0, 0.1) is 0 Å². The first-order valence-electron chi connectivity index (χ1n) is 12.4. The van der Waals surface area contributed by atoms with Crippen LogP contribution in [0.3, 0.4) is 0 Å². The molecule has 2 aliphatic heterocycles. The van der Waals surface area contributed by atoms with Gasteiger partial charge in [-0.2, -0.15) is 0 Å². The van der Waals surface area contributed by atoms with Crippen LogP contribution < -0.4 is 10.6 Å². The Labute approximate surface area is 216 Å². The van der Waals surface area contributed by atoms with Crippen LogP contribution >= 0.6 is 0 Å². The molecule has 37 heavy (non-hydrogen) atoms. The van der Waals surface area contributed by atoms with E-state index < -0.39 is 29.7 Å². The highest BCUT2D eigenvalue weighted by molar-refractivity contribution is 6.25. The smallest absolute Gasteiger partial charge is 0.264 e. The number of likely N-dealkylation sites (N-methyl/N-ethyl adjacent to an activating group) is 1. The number of anilines is 1. The Balaban J connectivity index is 1.30. The van der Waals surface area contributed by atoms with Crippen LogP contribution in [0.15, 0.2) is 18.2 Å². The van der Waals surface area contributed by atoms with Gasteiger partial charge in [-0.05, 0) is 32.6 Å². The standard InChI is InChI=1S/C25H36N4O8/c1-28(2)9-11-35-13-15-37-17-16-36-14-12-34-10-8-26-19-5-3-4-18-22(19)25(33)29(24(18)32)20-6-7-21(30)27-23(20)31/h3-5,20,26H,6-17H2,1-2H3,(H,27,30,31). The molecule has 1 atom stereocenters. The minimum atomic E-state index is -0.993. The summed E-state index contributed by atoms with van der Waals surface area (Å²) in [5.74, 6) is -2.12. The van der Waals surface area contributed by atoms with Crippen LogP contribution in [0.2, 0.25) is 0 Å². The van der Waals surface area contributed by atoms with Gasteiger partial charge < -0.3 is 29.2 Å². The predicted molar refractivity (Wildman–Crippen MR) is 133 cm³/mol. The molecule has 12 nitrogen and oxygen atoms in total. The Kier molecular flexibility index (Phi) is 11.4. The minimum absolute atomic E-state index is 0.0786. The second-order valence-electron chi connectivity index (χ2n) is 8.85. The van der Waals surface area contributed by atoms with Gasteiger partial charge in [0.2, 0.25) is 11.8 Å². The molecule has 2 heterocycles. The Bertz CT molecular complexity index is 955. The second kappa shape index (κ2) is 14.7. The van der Waals surface area contributed by atoms with Crippen molar-refractivity contribution in [2.75, 3.05) is 85.4 Å². The largest absolute Gasteiger partial charge is 0.382 e. The number of benzene rings is 1. The molecule has 1 aromatic carbocycles. The molecule has 2 aliphatic rings. The third-order valence-electron chi connectivity index (χ3n) is 5.83. The average molecular weight is 521 g/mol. The summed E-state index contributed by atoms with van der Waals surface area (Å²) in [5.41, 5.74) is 0.952. The van der Waals surface area contributed by atoms with E-state index in [1.54, 1.807) is 18.2 Å². The van der Waals surface area contributed by atoms with Crippen molar-refractivity contribution in [2.24, 2.45) is 0 Å². The molecule has 1 unspecified atom stereocenters. The van der Waals surface area contributed by atoms with Crippen LogP contribution in [0.5, 0.6) is 0 Å². The summed E-state index contributed by atoms with van der Waals surface area (Å²) in [5, 5.41) is 5.32. The molecule has 0 spiro atoms. The zero-order valence-electron chi connectivity index (χ0n) is 21.5. The molecule has 0 aliphatic carbocycles. The lowest BCUT2D eigenvalue weighted by Gasteiger charge is -2.27. The molecule has 1 saturated heterocycles. The van der Waals surface area contributed by atoms with Crippen LogP contribution in [-0.2, 0) is 28.5 Å². The molecule has 3 rings (SSSR count). The summed E-state index contributed by atoms with van der Waals surface area (Å²) in [7, 11) is 4.00. The quantitative estimate of drug-likeness (QED) is 0.215. The van der Waals surface area contributed by atoms with E-state index in [1.165, 1.54) is 0 Å². The summed E-state index contributed by atoms with van der Waals surface area (Å²) in [6.07, 6.45) is 0.196. The Hall–Kier alpha value is -2.90. The van der Waals surface area contributed by atoms with Crippen molar-refractivity contribution in [3.05, 3.63) is 29.3 Å². The van der Waals surface area contributed by atoms with Gasteiger partial charge in [-0.1, -0.05) is 6.07 Å². The minimum Gasteiger partial charge on any atom is -0.382 e. The number of amides is 4. The molecule has 1 fully saturated rings. The highest BCUT2D eigenvalue weighted by Crippen LogP contribution is 2.32. The number of rotatable bonds is 17. The molecule has 0 radical (unpaired) electrons. The molecule has 1 aromatic rings. The first-order chi connectivity index (χ1) is 17.9. The van der Waals surface area contributed by atoms with Gasteiger partial charge in [-0.15, -0.1) is 0 Å². The summed E-state index contributed by atoms with van der Waals surface area (Å²) >= 11 is 0. The molecule has 0 bridgehead atoms. The first-order valence-corrected chi connectivity index (χ1v) is 12.4. The van der Waals surface area contributed by atoms with E-state index in [0.29, 0.717) is 65.1 Å².